The molecule has 0 amide bonds. The molecular formula is C10H19NO. The maximum Gasteiger partial charge on any atom is 0.106 e. The molecule has 0 aromatic rings. The lowest BCUT2D eigenvalue weighted by Crippen LogP contribution is -2.17. The van der Waals surface area contributed by atoms with Crippen LogP contribution in [-0.2, 0) is 4.84 Å². The van der Waals surface area contributed by atoms with Gasteiger partial charge in [0.25, 0.3) is 0 Å². The van der Waals surface area contributed by atoms with E-state index in [1.54, 1.807) is 7.11 Å². The number of oxime groups is 1. The minimum absolute atomic E-state index is 0.712. The highest BCUT2D eigenvalue weighted by Gasteiger charge is 2.18. The third-order valence-electron chi connectivity index (χ3n) is 2.65. The van der Waals surface area contributed by atoms with Gasteiger partial charge in [0.05, 0.1) is 5.71 Å². The van der Waals surface area contributed by atoms with Gasteiger partial charge in [-0.3, -0.25) is 0 Å². The Kier molecular flexibility index (Phi) is 4.12. The summed E-state index contributed by atoms with van der Waals surface area (Å²) in [6.07, 6.45) is 7.81. The first-order chi connectivity index (χ1) is 5.88. The molecule has 0 radical (unpaired) electrons. The number of hydrogen-bond donors (Lipinski definition) is 0. The Hall–Kier alpha value is -0.530. The Morgan fingerprint density at radius 1 is 1.33 bits per heavy atom. The van der Waals surface area contributed by atoms with Crippen molar-refractivity contribution < 1.29 is 4.84 Å². The molecule has 1 fully saturated rings. The Balaban J connectivity index is 2.46. The smallest absolute Gasteiger partial charge is 0.106 e. The fourth-order valence-electron chi connectivity index (χ4n) is 1.98. The van der Waals surface area contributed by atoms with Crippen LogP contribution in [0.3, 0.4) is 0 Å². The van der Waals surface area contributed by atoms with Gasteiger partial charge in [-0.2, -0.15) is 0 Å². The Labute approximate surface area is 75.0 Å². The molecule has 0 heterocycles. The van der Waals surface area contributed by atoms with Crippen LogP contribution in [0.2, 0.25) is 0 Å². The standard InChI is InChI=1S/C10H19NO/c1-3-10(11-12-2)9-7-5-4-6-8-9/h9H,3-8H2,1-2H3/b11-10+. The molecule has 1 aliphatic carbocycles. The molecule has 0 unspecified atom stereocenters. The van der Waals surface area contributed by atoms with Crippen molar-refractivity contribution in [1.29, 1.82) is 0 Å². The van der Waals surface area contributed by atoms with E-state index in [1.165, 1.54) is 37.8 Å². The van der Waals surface area contributed by atoms with Crippen molar-refractivity contribution >= 4 is 5.71 Å². The van der Waals surface area contributed by atoms with Crippen LogP contribution in [0.4, 0.5) is 0 Å². The van der Waals surface area contributed by atoms with E-state index in [1.807, 2.05) is 0 Å². The second kappa shape index (κ2) is 5.18. The molecule has 0 N–H and O–H groups in total. The largest absolute Gasteiger partial charge is 0.399 e. The SMILES string of the molecule is CC/C(=N\OC)C1CCCCC1. The first kappa shape index (κ1) is 9.56. The van der Waals surface area contributed by atoms with Gasteiger partial charge >= 0.3 is 0 Å². The van der Waals surface area contributed by atoms with Gasteiger partial charge < -0.3 is 4.84 Å². The highest BCUT2D eigenvalue weighted by Crippen LogP contribution is 2.25. The van der Waals surface area contributed by atoms with Crippen LogP contribution >= 0.6 is 0 Å². The molecule has 70 valence electrons. The highest BCUT2D eigenvalue weighted by molar-refractivity contribution is 5.86. The zero-order chi connectivity index (χ0) is 8.81. The average Bonchev–Trinajstić information content (AvgIpc) is 2.15. The van der Waals surface area contributed by atoms with Crippen LogP contribution in [-0.4, -0.2) is 12.8 Å². The Morgan fingerprint density at radius 2 is 2.00 bits per heavy atom. The fourth-order valence-corrected chi connectivity index (χ4v) is 1.98. The van der Waals surface area contributed by atoms with E-state index in [9.17, 15) is 0 Å². The quantitative estimate of drug-likeness (QED) is 0.470. The lowest BCUT2D eigenvalue weighted by atomic mass is 9.85. The second-order valence-corrected chi connectivity index (χ2v) is 3.45. The summed E-state index contributed by atoms with van der Waals surface area (Å²) >= 11 is 0. The molecular weight excluding hydrogens is 150 g/mol. The van der Waals surface area contributed by atoms with Crippen molar-refractivity contribution in [2.45, 2.75) is 45.4 Å². The molecule has 2 heteroatoms. The van der Waals surface area contributed by atoms with E-state index in [0.717, 1.165) is 6.42 Å². The number of rotatable bonds is 3. The van der Waals surface area contributed by atoms with Gasteiger partial charge in [-0.15, -0.1) is 0 Å². The summed E-state index contributed by atoms with van der Waals surface area (Å²) in [5.74, 6) is 0.712. The average molecular weight is 169 g/mol. The zero-order valence-electron chi connectivity index (χ0n) is 8.18. The van der Waals surface area contributed by atoms with E-state index in [2.05, 4.69) is 12.1 Å². The van der Waals surface area contributed by atoms with Gasteiger partial charge in [-0.05, 0) is 19.3 Å². The van der Waals surface area contributed by atoms with Crippen LogP contribution in [0.1, 0.15) is 45.4 Å². The monoisotopic (exact) mass is 169 g/mol. The van der Waals surface area contributed by atoms with Crippen LogP contribution < -0.4 is 0 Å². The van der Waals surface area contributed by atoms with E-state index < -0.39 is 0 Å². The van der Waals surface area contributed by atoms with Crippen molar-refractivity contribution in [3.05, 3.63) is 0 Å². The molecule has 1 rings (SSSR count). The fraction of sp³-hybridized carbons (Fsp3) is 0.900. The molecule has 0 spiro atoms. The van der Waals surface area contributed by atoms with Crippen molar-refractivity contribution in [2.75, 3.05) is 7.11 Å². The molecule has 0 atom stereocenters. The summed E-state index contributed by atoms with van der Waals surface area (Å²) in [7, 11) is 1.64. The van der Waals surface area contributed by atoms with Crippen LogP contribution in [0.15, 0.2) is 5.16 Å². The van der Waals surface area contributed by atoms with Crippen molar-refractivity contribution in [2.24, 2.45) is 11.1 Å². The van der Waals surface area contributed by atoms with Gasteiger partial charge in [0.1, 0.15) is 7.11 Å². The minimum Gasteiger partial charge on any atom is -0.399 e. The molecule has 0 aromatic heterocycles. The van der Waals surface area contributed by atoms with Gasteiger partial charge in [0.15, 0.2) is 0 Å². The summed E-state index contributed by atoms with van der Waals surface area (Å²) in [6.45, 7) is 2.16. The Morgan fingerprint density at radius 3 is 2.50 bits per heavy atom. The summed E-state index contributed by atoms with van der Waals surface area (Å²) < 4.78 is 0. The predicted octanol–water partition coefficient (Wildman–Crippen LogP) is 2.98. The minimum atomic E-state index is 0.712. The van der Waals surface area contributed by atoms with Crippen LogP contribution in [0.5, 0.6) is 0 Å². The third-order valence-corrected chi connectivity index (χ3v) is 2.65. The van der Waals surface area contributed by atoms with E-state index >= 15 is 0 Å². The first-order valence-electron chi connectivity index (χ1n) is 4.98. The van der Waals surface area contributed by atoms with Crippen LogP contribution in [0.25, 0.3) is 0 Å². The molecule has 2 nitrogen and oxygen atoms in total. The lowest BCUT2D eigenvalue weighted by Gasteiger charge is -2.21. The number of nitrogens with zero attached hydrogens (tertiary/aromatic N) is 1. The van der Waals surface area contributed by atoms with Crippen LogP contribution in [0, 0.1) is 5.92 Å². The molecule has 0 bridgehead atoms. The van der Waals surface area contributed by atoms with Crippen molar-refractivity contribution in [3.63, 3.8) is 0 Å². The zero-order valence-corrected chi connectivity index (χ0v) is 8.18. The Bertz CT molecular complexity index is 148. The van der Waals surface area contributed by atoms with Gasteiger partial charge in [-0.1, -0.05) is 31.3 Å². The van der Waals surface area contributed by atoms with Gasteiger partial charge in [-0.25, -0.2) is 0 Å². The summed E-state index contributed by atoms with van der Waals surface area (Å²) in [5.41, 5.74) is 1.26. The maximum atomic E-state index is 4.84. The van der Waals surface area contributed by atoms with E-state index in [-0.39, 0.29) is 0 Å². The normalized spacial score (nSPS) is 21.0. The molecule has 0 saturated heterocycles. The van der Waals surface area contributed by atoms with Gasteiger partial charge in [0, 0.05) is 5.92 Å². The topological polar surface area (TPSA) is 21.6 Å². The van der Waals surface area contributed by atoms with Crippen molar-refractivity contribution in [1.82, 2.24) is 0 Å². The van der Waals surface area contributed by atoms with E-state index in [0.29, 0.717) is 5.92 Å². The molecule has 1 saturated carbocycles. The molecule has 0 aliphatic heterocycles. The first-order valence-corrected chi connectivity index (χ1v) is 4.98. The summed E-state index contributed by atoms with van der Waals surface area (Å²) in [4.78, 5) is 4.84. The summed E-state index contributed by atoms with van der Waals surface area (Å²) in [5, 5.41) is 4.08. The van der Waals surface area contributed by atoms with Gasteiger partial charge in [0.2, 0.25) is 0 Å². The molecule has 1 aliphatic rings. The predicted molar refractivity (Wildman–Crippen MR) is 51.3 cm³/mol. The second-order valence-electron chi connectivity index (χ2n) is 3.45. The lowest BCUT2D eigenvalue weighted by molar-refractivity contribution is 0.208. The number of hydrogen-bond acceptors (Lipinski definition) is 2. The molecule has 12 heavy (non-hydrogen) atoms. The highest BCUT2D eigenvalue weighted by atomic mass is 16.6. The third kappa shape index (κ3) is 2.50. The summed E-state index contributed by atoms with van der Waals surface area (Å²) in [6, 6.07) is 0. The molecule has 0 aromatic carbocycles. The van der Waals surface area contributed by atoms with Crippen molar-refractivity contribution in [3.8, 4) is 0 Å². The van der Waals surface area contributed by atoms with E-state index in [4.69, 9.17) is 4.84 Å². The maximum absolute atomic E-state index is 4.84.